The standard InChI is InChI=1S/C14H22O6/c1-6-20-12(18)14(4,8-7-10(15)16)9-13(2,3)11(17)19-5/h2H,6-9H2,1,3-5H3,(H,15,16). The van der Waals surface area contributed by atoms with Gasteiger partial charge in [0.1, 0.15) is 0 Å². The molecule has 0 fully saturated rings. The highest BCUT2D eigenvalue weighted by molar-refractivity contribution is 5.81. The fourth-order valence-corrected chi connectivity index (χ4v) is 2.07. The first kappa shape index (κ1) is 18.4. The summed E-state index contributed by atoms with van der Waals surface area (Å²) in [5.74, 6) is -2.26. The van der Waals surface area contributed by atoms with Gasteiger partial charge in [0.05, 0.1) is 24.5 Å². The number of methoxy groups -OCH3 is 1. The summed E-state index contributed by atoms with van der Waals surface area (Å²) < 4.78 is 9.55. The number of ether oxygens (including phenoxy) is 2. The number of carboxylic acids is 1. The van der Waals surface area contributed by atoms with Gasteiger partial charge < -0.3 is 14.6 Å². The molecule has 0 heterocycles. The molecule has 0 aliphatic rings. The van der Waals surface area contributed by atoms with Crippen LogP contribution in [-0.4, -0.2) is 36.7 Å². The summed E-state index contributed by atoms with van der Waals surface area (Å²) >= 11 is 0. The number of aliphatic carboxylic acids is 1. The number of hydrogen-bond acceptors (Lipinski definition) is 5. The van der Waals surface area contributed by atoms with Crippen molar-refractivity contribution in [3.63, 3.8) is 0 Å². The fraction of sp³-hybridized carbons (Fsp3) is 0.714. The molecule has 0 amide bonds. The third-order valence-corrected chi connectivity index (χ3v) is 3.07. The lowest BCUT2D eigenvalue weighted by Gasteiger charge is -2.33. The lowest BCUT2D eigenvalue weighted by atomic mass is 9.71. The summed E-state index contributed by atoms with van der Waals surface area (Å²) in [6.45, 7) is 10.7. The van der Waals surface area contributed by atoms with Crippen molar-refractivity contribution < 1.29 is 29.0 Å². The summed E-state index contributed by atoms with van der Waals surface area (Å²) in [6, 6.07) is 0. The van der Waals surface area contributed by atoms with Crippen LogP contribution in [0.15, 0.2) is 0 Å². The Morgan fingerprint density at radius 2 is 1.75 bits per heavy atom. The van der Waals surface area contributed by atoms with Crippen molar-refractivity contribution >= 4 is 17.9 Å². The highest BCUT2D eigenvalue weighted by atomic mass is 16.5. The SMILES string of the molecule is [CH]C(C)(CC(C)(CCC(=O)O)C(=O)OCC)C(=O)OC. The third-order valence-electron chi connectivity index (χ3n) is 3.07. The second-order valence-electron chi connectivity index (χ2n) is 5.26. The number of carboxylic acid groups (broad SMARTS) is 1. The quantitative estimate of drug-likeness (QED) is 0.683. The molecule has 0 aromatic carbocycles. The van der Waals surface area contributed by atoms with Crippen LogP contribution >= 0.6 is 0 Å². The molecule has 0 rings (SSSR count). The number of esters is 2. The van der Waals surface area contributed by atoms with E-state index in [-0.39, 0.29) is 25.9 Å². The minimum Gasteiger partial charge on any atom is -0.481 e. The molecule has 2 radical (unpaired) electrons. The summed E-state index contributed by atoms with van der Waals surface area (Å²) in [7, 11) is 1.20. The summed E-state index contributed by atoms with van der Waals surface area (Å²) in [5, 5.41) is 8.77. The Hall–Kier alpha value is -1.59. The second kappa shape index (κ2) is 7.26. The van der Waals surface area contributed by atoms with Gasteiger partial charge in [-0.05, 0) is 40.5 Å². The van der Waals surface area contributed by atoms with Crippen molar-refractivity contribution in [3.8, 4) is 0 Å². The molecule has 1 N–H and O–H groups in total. The molecule has 20 heavy (non-hydrogen) atoms. The van der Waals surface area contributed by atoms with Crippen molar-refractivity contribution in [1.82, 2.24) is 0 Å². The van der Waals surface area contributed by atoms with Crippen LogP contribution in [0.3, 0.4) is 0 Å². The summed E-state index contributed by atoms with van der Waals surface area (Å²) in [6.07, 6.45) is -0.240. The topological polar surface area (TPSA) is 89.9 Å². The van der Waals surface area contributed by atoms with E-state index in [0.717, 1.165) is 0 Å². The normalized spacial score (nSPS) is 14.2. The van der Waals surface area contributed by atoms with Crippen LogP contribution in [0.5, 0.6) is 0 Å². The molecule has 0 saturated heterocycles. The van der Waals surface area contributed by atoms with Crippen molar-refractivity contribution in [2.45, 2.75) is 40.0 Å². The van der Waals surface area contributed by atoms with Crippen LogP contribution in [0.25, 0.3) is 0 Å². The summed E-state index contributed by atoms with van der Waals surface area (Å²) in [5.41, 5.74) is -2.55. The van der Waals surface area contributed by atoms with Crippen LogP contribution in [0.2, 0.25) is 0 Å². The van der Waals surface area contributed by atoms with Gasteiger partial charge in [0.2, 0.25) is 0 Å². The zero-order valence-corrected chi connectivity index (χ0v) is 12.4. The average Bonchev–Trinajstić information content (AvgIpc) is 2.35. The molecule has 2 atom stereocenters. The van der Waals surface area contributed by atoms with E-state index in [0.29, 0.717) is 0 Å². The molecule has 0 aromatic heterocycles. The number of carbonyl (C=O) groups excluding carboxylic acids is 2. The third kappa shape index (κ3) is 5.19. The molecule has 0 spiro atoms. The molecule has 6 heteroatoms. The van der Waals surface area contributed by atoms with Crippen molar-refractivity contribution in [3.05, 3.63) is 6.92 Å². The van der Waals surface area contributed by atoms with Gasteiger partial charge in [-0.2, -0.15) is 0 Å². The minimum atomic E-state index is -1.39. The molecule has 0 aliphatic carbocycles. The van der Waals surface area contributed by atoms with Crippen LogP contribution in [-0.2, 0) is 23.9 Å². The van der Waals surface area contributed by atoms with Gasteiger partial charge in [-0.15, -0.1) is 0 Å². The van der Waals surface area contributed by atoms with E-state index in [9.17, 15) is 14.4 Å². The molecule has 0 bridgehead atoms. The lowest BCUT2D eigenvalue weighted by molar-refractivity contribution is -0.160. The Kier molecular flexibility index (Phi) is 6.68. The van der Waals surface area contributed by atoms with E-state index in [4.69, 9.17) is 16.8 Å². The maximum Gasteiger partial charge on any atom is 0.311 e. The van der Waals surface area contributed by atoms with Gasteiger partial charge in [-0.3, -0.25) is 14.4 Å². The predicted octanol–water partition coefficient (Wildman–Crippen LogP) is 1.70. The van der Waals surface area contributed by atoms with Crippen LogP contribution in [0, 0.1) is 17.8 Å². The lowest BCUT2D eigenvalue weighted by Crippen LogP contribution is -2.39. The van der Waals surface area contributed by atoms with E-state index in [1.807, 2.05) is 0 Å². The molecule has 0 saturated carbocycles. The first-order valence-electron chi connectivity index (χ1n) is 6.35. The molecule has 114 valence electrons. The van der Waals surface area contributed by atoms with E-state index in [2.05, 4.69) is 4.74 Å². The smallest absolute Gasteiger partial charge is 0.311 e. The second-order valence-corrected chi connectivity index (χ2v) is 5.26. The maximum absolute atomic E-state index is 12.0. The molecular weight excluding hydrogens is 264 g/mol. The molecule has 0 aromatic rings. The Morgan fingerprint density at radius 1 is 1.20 bits per heavy atom. The predicted molar refractivity (Wildman–Crippen MR) is 70.6 cm³/mol. The Labute approximate surface area is 119 Å². The Morgan fingerprint density at radius 3 is 2.15 bits per heavy atom. The van der Waals surface area contributed by atoms with Gasteiger partial charge >= 0.3 is 17.9 Å². The Bertz CT molecular complexity index is 374. The van der Waals surface area contributed by atoms with Gasteiger partial charge in [0, 0.05) is 6.42 Å². The number of rotatable bonds is 8. The molecule has 2 unspecified atom stereocenters. The highest BCUT2D eigenvalue weighted by Gasteiger charge is 2.43. The zero-order chi connectivity index (χ0) is 16.0. The van der Waals surface area contributed by atoms with Crippen LogP contribution in [0.1, 0.15) is 40.0 Å². The van der Waals surface area contributed by atoms with Crippen LogP contribution in [0.4, 0.5) is 0 Å². The largest absolute Gasteiger partial charge is 0.481 e. The summed E-state index contributed by atoms with van der Waals surface area (Å²) in [4.78, 5) is 34.4. The van der Waals surface area contributed by atoms with Crippen LogP contribution < -0.4 is 0 Å². The monoisotopic (exact) mass is 286 g/mol. The van der Waals surface area contributed by atoms with Gasteiger partial charge in [-0.1, -0.05) is 0 Å². The van der Waals surface area contributed by atoms with E-state index >= 15 is 0 Å². The Balaban J connectivity index is 5.16. The van der Waals surface area contributed by atoms with Gasteiger partial charge in [-0.25, -0.2) is 0 Å². The van der Waals surface area contributed by atoms with Gasteiger partial charge in [0.25, 0.3) is 0 Å². The molecule has 0 aliphatic heterocycles. The van der Waals surface area contributed by atoms with E-state index in [1.54, 1.807) is 13.8 Å². The average molecular weight is 286 g/mol. The van der Waals surface area contributed by atoms with E-state index in [1.165, 1.54) is 14.0 Å². The van der Waals surface area contributed by atoms with Crippen molar-refractivity contribution in [2.24, 2.45) is 10.8 Å². The van der Waals surface area contributed by atoms with E-state index < -0.39 is 28.7 Å². The number of carbonyl (C=O) groups is 3. The molecular formula is C14H22O6. The van der Waals surface area contributed by atoms with Crippen molar-refractivity contribution in [2.75, 3.05) is 13.7 Å². The minimum absolute atomic E-state index is 0.0327. The zero-order valence-electron chi connectivity index (χ0n) is 12.4. The fourth-order valence-electron chi connectivity index (χ4n) is 2.07. The first-order valence-corrected chi connectivity index (χ1v) is 6.35. The number of hydrogen-bond donors (Lipinski definition) is 1. The molecule has 6 nitrogen and oxygen atoms in total. The maximum atomic E-state index is 12.0. The first-order chi connectivity index (χ1) is 9.09. The van der Waals surface area contributed by atoms with Crippen molar-refractivity contribution in [1.29, 1.82) is 0 Å². The highest BCUT2D eigenvalue weighted by Crippen LogP contribution is 2.39. The van der Waals surface area contributed by atoms with Gasteiger partial charge in [0.15, 0.2) is 0 Å².